The predicted molar refractivity (Wildman–Crippen MR) is 85.7 cm³/mol. The van der Waals surface area contributed by atoms with Gasteiger partial charge in [0.15, 0.2) is 0 Å². The van der Waals surface area contributed by atoms with E-state index in [2.05, 4.69) is 37.9 Å². The summed E-state index contributed by atoms with van der Waals surface area (Å²) in [6.07, 6.45) is 9.66. The van der Waals surface area contributed by atoms with Crippen LogP contribution in [0.4, 0.5) is 0 Å². The van der Waals surface area contributed by atoms with E-state index in [0.717, 1.165) is 18.0 Å². The van der Waals surface area contributed by atoms with Gasteiger partial charge in [0, 0.05) is 12.1 Å². The van der Waals surface area contributed by atoms with Crippen LogP contribution >= 0.6 is 0 Å². The first-order valence-corrected chi connectivity index (χ1v) is 8.61. The van der Waals surface area contributed by atoms with Crippen LogP contribution < -0.4 is 5.32 Å². The average molecular weight is 268 g/mol. The predicted octanol–water partition coefficient (Wildman–Crippen LogP) is 4.06. The smallest absolute Gasteiger partial charge is 0.00980 e. The van der Waals surface area contributed by atoms with E-state index in [-0.39, 0.29) is 0 Å². The molecule has 1 aliphatic rings. The summed E-state index contributed by atoms with van der Waals surface area (Å²) in [4.78, 5) is 2.82. The number of hydrogen-bond acceptors (Lipinski definition) is 2. The zero-order valence-corrected chi connectivity index (χ0v) is 13.8. The standard InChI is InChI=1S/C17H36N2/c1-5-12-18-13-10-16(4)19(14-11-15(2)3)17-8-6-7-9-17/h15-18H,5-14H2,1-4H3. The Morgan fingerprint density at radius 2 is 1.74 bits per heavy atom. The lowest BCUT2D eigenvalue weighted by Gasteiger charge is -2.35. The quantitative estimate of drug-likeness (QED) is 0.601. The van der Waals surface area contributed by atoms with Crippen LogP contribution in [-0.4, -0.2) is 36.6 Å². The zero-order valence-electron chi connectivity index (χ0n) is 13.8. The van der Waals surface area contributed by atoms with E-state index in [0.29, 0.717) is 0 Å². The Balaban J connectivity index is 2.36. The van der Waals surface area contributed by atoms with Crippen molar-refractivity contribution < 1.29 is 0 Å². The Labute approximate surface area is 121 Å². The fourth-order valence-corrected chi connectivity index (χ4v) is 3.18. The molecular weight excluding hydrogens is 232 g/mol. The lowest BCUT2D eigenvalue weighted by Crippen LogP contribution is -2.42. The van der Waals surface area contributed by atoms with Gasteiger partial charge in [-0.3, -0.25) is 4.90 Å². The van der Waals surface area contributed by atoms with Gasteiger partial charge in [0.25, 0.3) is 0 Å². The summed E-state index contributed by atoms with van der Waals surface area (Å²) in [5.41, 5.74) is 0. The third-order valence-electron chi connectivity index (χ3n) is 4.49. The lowest BCUT2D eigenvalue weighted by atomic mass is 10.1. The normalized spacial score (nSPS) is 18.6. The summed E-state index contributed by atoms with van der Waals surface area (Å²) in [6.45, 7) is 13.0. The van der Waals surface area contributed by atoms with Crippen molar-refractivity contribution in [1.82, 2.24) is 10.2 Å². The molecule has 0 aliphatic heterocycles. The van der Waals surface area contributed by atoms with Gasteiger partial charge in [0.05, 0.1) is 0 Å². The second-order valence-electron chi connectivity index (χ2n) is 6.75. The van der Waals surface area contributed by atoms with Crippen molar-refractivity contribution in [1.29, 1.82) is 0 Å². The molecule has 0 heterocycles. The minimum Gasteiger partial charge on any atom is -0.317 e. The molecular formula is C17H36N2. The van der Waals surface area contributed by atoms with Crippen LogP contribution in [0.1, 0.15) is 72.6 Å². The fourth-order valence-electron chi connectivity index (χ4n) is 3.18. The molecule has 2 heteroatoms. The Morgan fingerprint density at radius 1 is 1.05 bits per heavy atom. The minimum absolute atomic E-state index is 0.742. The van der Waals surface area contributed by atoms with Crippen LogP contribution in [0, 0.1) is 5.92 Å². The van der Waals surface area contributed by atoms with Crippen LogP contribution in [-0.2, 0) is 0 Å². The minimum atomic E-state index is 0.742. The highest BCUT2D eigenvalue weighted by molar-refractivity contribution is 4.81. The molecule has 114 valence electrons. The summed E-state index contributed by atoms with van der Waals surface area (Å²) < 4.78 is 0. The van der Waals surface area contributed by atoms with Crippen molar-refractivity contribution in [2.45, 2.75) is 84.7 Å². The molecule has 1 unspecified atom stereocenters. The molecule has 19 heavy (non-hydrogen) atoms. The lowest BCUT2D eigenvalue weighted by molar-refractivity contribution is 0.130. The summed E-state index contributed by atoms with van der Waals surface area (Å²) in [5, 5.41) is 3.55. The third kappa shape index (κ3) is 6.76. The van der Waals surface area contributed by atoms with E-state index in [9.17, 15) is 0 Å². The molecule has 2 nitrogen and oxygen atoms in total. The SMILES string of the molecule is CCCNCCC(C)N(CCC(C)C)C1CCCC1. The fraction of sp³-hybridized carbons (Fsp3) is 1.00. The monoisotopic (exact) mass is 268 g/mol. The van der Waals surface area contributed by atoms with Crippen LogP contribution in [0.15, 0.2) is 0 Å². The van der Waals surface area contributed by atoms with Gasteiger partial charge in [0.1, 0.15) is 0 Å². The van der Waals surface area contributed by atoms with Gasteiger partial charge in [-0.15, -0.1) is 0 Å². The highest BCUT2D eigenvalue weighted by atomic mass is 15.2. The van der Waals surface area contributed by atoms with Crippen LogP contribution in [0.25, 0.3) is 0 Å². The first-order valence-electron chi connectivity index (χ1n) is 8.61. The van der Waals surface area contributed by atoms with Gasteiger partial charge >= 0.3 is 0 Å². The van der Waals surface area contributed by atoms with Gasteiger partial charge in [-0.1, -0.05) is 33.6 Å². The van der Waals surface area contributed by atoms with Crippen molar-refractivity contribution in [3.05, 3.63) is 0 Å². The average Bonchev–Trinajstić information content (AvgIpc) is 2.88. The second kappa shape index (κ2) is 9.77. The maximum atomic E-state index is 3.55. The zero-order chi connectivity index (χ0) is 14.1. The van der Waals surface area contributed by atoms with E-state index in [4.69, 9.17) is 0 Å². The number of rotatable bonds is 10. The summed E-state index contributed by atoms with van der Waals surface area (Å²) in [7, 11) is 0. The Kier molecular flexibility index (Phi) is 8.72. The largest absolute Gasteiger partial charge is 0.317 e. The van der Waals surface area contributed by atoms with Crippen LogP contribution in [0.3, 0.4) is 0 Å². The molecule has 0 aromatic heterocycles. The van der Waals surface area contributed by atoms with Crippen molar-refractivity contribution in [3.8, 4) is 0 Å². The maximum absolute atomic E-state index is 3.55. The molecule has 0 aromatic rings. The highest BCUT2D eigenvalue weighted by Crippen LogP contribution is 2.26. The van der Waals surface area contributed by atoms with E-state index in [1.54, 1.807) is 0 Å². The Hall–Kier alpha value is -0.0800. The first-order chi connectivity index (χ1) is 9.15. The molecule has 1 aliphatic carbocycles. The summed E-state index contributed by atoms with van der Waals surface area (Å²) in [6, 6.07) is 1.62. The van der Waals surface area contributed by atoms with Gasteiger partial charge in [0.2, 0.25) is 0 Å². The van der Waals surface area contributed by atoms with Crippen LogP contribution in [0.5, 0.6) is 0 Å². The van der Waals surface area contributed by atoms with Gasteiger partial charge in [-0.25, -0.2) is 0 Å². The van der Waals surface area contributed by atoms with Crippen molar-refractivity contribution in [2.24, 2.45) is 5.92 Å². The second-order valence-corrected chi connectivity index (χ2v) is 6.75. The molecule has 0 bridgehead atoms. The van der Waals surface area contributed by atoms with Crippen molar-refractivity contribution in [2.75, 3.05) is 19.6 Å². The Morgan fingerprint density at radius 3 is 2.32 bits per heavy atom. The maximum Gasteiger partial charge on any atom is 0.00980 e. The number of hydrogen-bond donors (Lipinski definition) is 1. The first kappa shape index (κ1) is 17.0. The van der Waals surface area contributed by atoms with Crippen molar-refractivity contribution in [3.63, 3.8) is 0 Å². The van der Waals surface area contributed by atoms with Crippen molar-refractivity contribution >= 4 is 0 Å². The Bertz CT molecular complexity index is 209. The third-order valence-corrected chi connectivity index (χ3v) is 4.49. The van der Waals surface area contributed by atoms with Gasteiger partial charge in [-0.05, 0) is 64.6 Å². The molecule has 1 saturated carbocycles. The van der Waals surface area contributed by atoms with Gasteiger partial charge < -0.3 is 5.32 Å². The highest BCUT2D eigenvalue weighted by Gasteiger charge is 2.25. The molecule has 1 rings (SSSR count). The number of nitrogens with one attached hydrogen (secondary N) is 1. The molecule has 0 spiro atoms. The molecule has 1 atom stereocenters. The molecule has 0 amide bonds. The van der Waals surface area contributed by atoms with E-state index < -0.39 is 0 Å². The van der Waals surface area contributed by atoms with E-state index >= 15 is 0 Å². The van der Waals surface area contributed by atoms with E-state index in [1.165, 1.54) is 64.6 Å². The molecule has 1 fully saturated rings. The number of nitrogens with zero attached hydrogens (tertiary/aromatic N) is 1. The summed E-state index contributed by atoms with van der Waals surface area (Å²) in [5.74, 6) is 0.828. The summed E-state index contributed by atoms with van der Waals surface area (Å²) >= 11 is 0. The van der Waals surface area contributed by atoms with Crippen LogP contribution in [0.2, 0.25) is 0 Å². The van der Waals surface area contributed by atoms with Gasteiger partial charge in [-0.2, -0.15) is 0 Å². The molecule has 1 N–H and O–H groups in total. The van der Waals surface area contributed by atoms with E-state index in [1.807, 2.05) is 0 Å². The topological polar surface area (TPSA) is 15.3 Å². The molecule has 0 radical (unpaired) electrons. The molecule has 0 saturated heterocycles. The molecule has 0 aromatic carbocycles.